The van der Waals surface area contributed by atoms with Crippen molar-refractivity contribution in [3.05, 3.63) is 0 Å². The van der Waals surface area contributed by atoms with E-state index < -0.39 is 5.92 Å². The van der Waals surface area contributed by atoms with E-state index >= 15 is 0 Å². The summed E-state index contributed by atoms with van der Waals surface area (Å²) >= 11 is 0. The van der Waals surface area contributed by atoms with E-state index in [0.29, 0.717) is 18.8 Å². The average molecular weight is 205 g/mol. The van der Waals surface area contributed by atoms with Gasteiger partial charge in [-0.05, 0) is 25.2 Å². The Morgan fingerprint density at radius 3 is 2.43 bits per heavy atom. The molecule has 0 aliphatic heterocycles. The summed E-state index contributed by atoms with van der Waals surface area (Å²) < 4.78 is 25.7. The van der Waals surface area contributed by atoms with Gasteiger partial charge in [0.1, 0.15) is 0 Å². The summed E-state index contributed by atoms with van der Waals surface area (Å²) in [6, 6.07) is 0.144. The molecule has 84 valence electrons. The largest absolute Gasteiger partial charge is 0.327 e. The number of unbranched alkanes of at least 4 members (excludes halogenated alkanes) is 1. The van der Waals surface area contributed by atoms with Gasteiger partial charge in [0.15, 0.2) is 0 Å². The lowest BCUT2D eigenvalue weighted by Crippen LogP contribution is -2.36. The van der Waals surface area contributed by atoms with Gasteiger partial charge in [-0.1, -0.05) is 19.8 Å². The first kappa shape index (κ1) is 11.9. The highest BCUT2D eigenvalue weighted by atomic mass is 19.3. The molecule has 1 rings (SSSR count). The predicted molar refractivity (Wildman–Crippen MR) is 54.4 cm³/mol. The lowest BCUT2D eigenvalue weighted by atomic mass is 9.81. The van der Waals surface area contributed by atoms with Gasteiger partial charge in [-0.25, -0.2) is 8.78 Å². The van der Waals surface area contributed by atoms with Gasteiger partial charge in [-0.2, -0.15) is 0 Å². The number of hydrogen-bond donors (Lipinski definition) is 1. The minimum atomic E-state index is -2.42. The first-order valence-electron chi connectivity index (χ1n) is 5.68. The molecule has 1 fully saturated rings. The summed E-state index contributed by atoms with van der Waals surface area (Å²) in [5.41, 5.74) is 5.98. The summed E-state index contributed by atoms with van der Waals surface area (Å²) in [5.74, 6) is -2.08. The van der Waals surface area contributed by atoms with Crippen LogP contribution in [-0.2, 0) is 0 Å². The van der Waals surface area contributed by atoms with Crippen molar-refractivity contribution < 1.29 is 8.78 Å². The molecule has 0 saturated heterocycles. The van der Waals surface area contributed by atoms with Crippen LogP contribution in [0.4, 0.5) is 8.78 Å². The summed E-state index contributed by atoms with van der Waals surface area (Å²) in [4.78, 5) is 0. The minimum absolute atomic E-state index is 0.0392. The highest BCUT2D eigenvalue weighted by Crippen LogP contribution is 2.37. The molecular formula is C11H21F2N. The second kappa shape index (κ2) is 5.06. The van der Waals surface area contributed by atoms with Crippen LogP contribution in [0.2, 0.25) is 0 Å². The zero-order valence-electron chi connectivity index (χ0n) is 8.94. The molecule has 1 atom stereocenters. The van der Waals surface area contributed by atoms with E-state index in [0.717, 1.165) is 19.3 Å². The van der Waals surface area contributed by atoms with Gasteiger partial charge >= 0.3 is 0 Å². The molecule has 1 saturated carbocycles. The van der Waals surface area contributed by atoms with Gasteiger partial charge in [0, 0.05) is 18.9 Å². The SMILES string of the molecule is CCCCC(N)C1CCC(F)(F)CC1. The maximum atomic E-state index is 12.9. The molecule has 0 aromatic heterocycles. The first-order valence-corrected chi connectivity index (χ1v) is 5.68. The normalized spacial score (nSPS) is 24.9. The first-order chi connectivity index (χ1) is 6.55. The Bertz CT molecular complexity index is 161. The molecule has 0 amide bonds. The lowest BCUT2D eigenvalue weighted by Gasteiger charge is -2.31. The zero-order chi connectivity index (χ0) is 10.6. The van der Waals surface area contributed by atoms with E-state index in [1.807, 2.05) is 0 Å². The minimum Gasteiger partial charge on any atom is -0.327 e. The van der Waals surface area contributed by atoms with Crippen LogP contribution in [0.3, 0.4) is 0 Å². The number of nitrogens with two attached hydrogens (primary N) is 1. The van der Waals surface area contributed by atoms with Crippen molar-refractivity contribution in [2.75, 3.05) is 0 Å². The third kappa shape index (κ3) is 3.52. The molecule has 1 aliphatic rings. The Hall–Kier alpha value is -0.180. The fraction of sp³-hybridized carbons (Fsp3) is 1.00. The number of rotatable bonds is 4. The van der Waals surface area contributed by atoms with E-state index in [2.05, 4.69) is 6.92 Å². The van der Waals surface area contributed by atoms with Crippen LogP contribution in [0.5, 0.6) is 0 Å². The molecule has 1 unspecified atom stereocenters. The van der Waals surface area contributed by atoms with Gasteiger partial charge in [-0.3, -0.25) is 0 Å². The predicted octanol–water partition coefficient (Wildman–Crippen LogP) is 3.33. The van der Waals surface area contributed by atoms with E-state index in [1.54, 1.807) is 0 Å². The average Bonchev–Trinajstić information content (AvgIpc) is 2.14. The molecule has 3 heteroatoms. The maximum absolute atomic E-state index is 12.9. The fourth-order valence-electron chi connectivity index (χ4n) is 2.17. The van der Waals surface area contributed by atoms with E-state index in [4.69, 9.17) is 5.73 Å². The van der Waals surface area contributed by atoms with E-state index in [9.17, 15) is 8.78 Å². The molecule has 0 spiro atoms. The second-order valence-corrected chi connectivity index (χ2v) is 4.50. The lowest BCUT2D eigenvalue weighted by molar-refractivity contribution is -0.0484. The number of alkyl halides is 2. The Balaban J connectivity index is 2.27. The number of hydrogen-bond acceptors (Lipinski definition) is 1. The van der Waals surface area contributed by atoms with Crippen molar-refractivity contribution in [3.8, 4) is 0 Å². The topological polar surface area (TPSA) is 26.0 Å². The van der Waals surface area contributed by atoms with E-state index in [-0.39, 0.29) is 18.9 Å². The smallest absolute Gasteiger partial charge is 0.248 e. The van der Waals surface area contributed by atoms with Crippen LogP contribution in [0, 0.1) is 5.92 Å². The molecule has 14 heavy (non-hydrogen) atoms. The molecule has 0 radical (unpaired) electrons. The fourth-order valence-corrected chi connectivity index (χ4v) is 2.17. The number of halogens is 2. The van der Waals surface area contributed by atoms with Crippen molar-refractivity contribution in [1.29, 1.82) is 0 Å². The summed E-state index contributed by atoms with van der Waals surface area (Å²) in [6.45, 7) is 2.13. The van der Waals surface area contributed by atoms with Gasteiger partial charge in [0.25, 0.3) is 0 Å². The second-order valence-electron chi connectivity index (χ2n) is 4.50. The van der Waals surface area contributed by atoms with Crippen LogP contribution in [0.1, 0.15) is 51.9 Å². The molecule has 0 bridgehead atoms. The highest BCUT2D eigenvalue weighted by molar-refractivity contribution is 4.83. The Morgan fingerprint density at radius 1 is 1.36 bits per heavy atom. The molecule has 0 aromatic rings. The Labute approximate surface area is 85.1 Å². The van der Waals surface area contributed by atoms with E-state index in [1.165, 1.54) is 0 Å². The Kier molecular flexibility index (Phi) is 4.30. The monoisotopic (exact) mass is 205 g/mol. The molecule has 2 N–H and O–H groups in total. The van der Waals surface area contributed by atoms with Crippen LogP contribution in [0.25, 0.3) is 0 Å². The van der Waals surface area contributed by atoms with Gasteiger partial charge < -0.3 is 5.73 Å². The standard InChI is InChI=1S/C11H21F2N/c1-2-3-4-10(14)9-5-7-11(12,13)8-6-9/h9-10H,2-8,14H2,1H3. The summed E-state index contributed by atoms with van der Waals surface area (Å²) in [5, 5.41) is 0. The van der Waals surface area contributed by atoms with Crippen LogP contribution >= 0.6 is 0 Å². The van der Waals surface area contributed by atoms with Crippen LogP contribution < -0.4 is 5.73 Å². The van der Waals surface area contributed by atoms with Crippen molar-refractivity contribution >= 4 is 0 Å². The molecule has 1 aliphatic carbocycles. The molecular weight excluding hydrogens is 184 g/mol. The van der Waals surface area contributed by atoms with Crippen molar-refractivity contribution in [1.82, 2.24) is 0 Å². The van der Waals surface area contributed by atoms with Gasteiger partial charge in [0.05, 0.1) is 0 Å². The van der Waals surface area contributed by atoms with Crippen molar-refractivity contribution in [2.24, 2.45) is 11.7 Å². The highest BCUT2D eigenvalue weighted by Gasteiger charge is 2.36. The van der Waals surface area contributed by atoms with Gasteiger partial charge in [0.2, 0.25) is 5.92 Å². The van der Waals surface area contributed by atoms with Crippen LogP contribution in [-0.4, -0.2) is 12.0 Å². The van der Waals surface area contributed by atoms with Crippen LogP contribution in [0.15, 0.2) is 0 Å². The molecule has 0 aromatic carbocycles. The van der Waals surface area contributed by atoms with Gasteiger partial charge in [-0.15, -0.1) is 0 Å². The molecule has 1 nitrogen and oxygen atoms in total. The quantitative estimate of drug-likeness (QED) is 0.748. The third-order valence-electron chi connectivity index (χ3n) is 3.26. The summed E-state index contributed by atoms with van der Waals surface area (Å²) in [6.07, 6.45) is 4.54. The van der Waals surface area contributed by atoms with Crippen molar-refractivity contribution in [2.45, 2.75) is 63.8 Å². The molecule has 0 heterocycles. The zero-order valence-corrected chi connectivity index (χ0v) is 8.94. The summed E-state index contributed by atoms with van der Waals surface area (Å²) in [7, 11) is 0. The maximum Gasteiger partial charge on any atom is 0.248 e. The van der Waals surface area contributed by atoms with Crippen molar-refractivity contribution in [3.63, 3.8) is 0 Å². The third-order valence-corrected chi connectivity index (χ3v) is 3.26. The Morgan fingerprint density at radius 2 is 1.93 bits per heavy atom.